The van der Waals surface area contributed by atoms with Gasteiger partial charge in [-0.3, -0.25) is 4.79 Å². The Balaban J connectivity index is 2.22. The minimum absolute atomic E-state index is 0.174. The zero-order chi connectivity index (χ0) is 19.6. The third-order valence-electron chi connectivity index (χ3n) is 4.51. The third kappa shape index (κ3) is 4.46. The number of benzene rings is 2. The summed E-state index contributed by atoms with van der Waals surface area (Å²) < 4.78 is 5.80. The van der Waals surface area contributed by atoms with E-state index in [9.17, 15) is 9.90 Å². The van der Waals surface area contributed by atoms with Gasteiger partial charge in [-0.15, -0.1) is 12.6 Å². The van der Waals surface area contributed by atoms with Crippen molar-refractivity contribution in [3.8, 4) is 5.75 Å². The number of rotatable bonds is 4. The molecule has 0 heterocycles. The van der Waals surface area contributed by atoms with Crippen LogP contribution in [0.1, 0.15) is 58.9 Å². The Morgan fingerprint density at radius 1 is 1.12 bits per heavy atom. The lowest BCUT2D eigenvalue weighted by molar-refractivity contribution is 0.109. The minimum Gasteiger partial charge on any atom is -0.507 e. The topological polar surface area (TPSA) is 46.5 Å². The van der Waals surface area contributed by atoms with Crippen molar-refractivity contribution in [2.24, 2.45) is 0 Å². The number of hydrogen-bond acceptors (Lipinski definition) is 4. The quantitative estimate of drug-likeness (QED) is 0.553. The Morgan fingerprint density at radius 2 is 1.65 bits per heavy atom. The van der Waals surface area contributed by atoms with Crippen molar-refractivity contribution in [1.82, 2.24) is 0 Å². The van der Waals surface area contributed by atoms with E-state index in [4.69, 9.17) is 17.0 Å². The molecular formula is C21H24O3S2. The molecule has 0 radical (unpaired) electrons. The molecule has 0 aliphatic heterocycles. The van der Waals surface area contributed by atoms with Gasteiger partial charge in [0.1, 0.15) is 12.4 Å². The van der Waals surface area contributed by atoms with Crippen molar-refractivity contribution in [3.63, 3.8) is 0 Å². The minimum atomic E-state index is -0.284. The summed E-state index contributed by atoms with van der Waals surface area (Å²) in [6, 6.07) is 8.84. The van der Waals surface area contributed by atoms with E-state index in [-0.39, 0.29) is 10.5 Å². The van der Waals surface area contributed by atoms with E-state index in [0.717, 1.165) is 27.8 Å². The van der Waals surface area contributed by atoms with Crippen molar-refractivity contribution in [2.45, 2.75) is 46.6 Å². The van der Waals surface area contributed by atoms with Gasteiger partial charge in [0.2, 0.25) is 5.12 Å². The van der Waals surface area contributed by atoms with Gasteiger partial charge in [-0.2, -0.15) is 0 Å². The average molecular weight is 389 g/mol. The van der Waals surface area contributed by atoms with Crippen LogP contribution in [-0.2, 0) is 16.8 Å². The summed E-state index contributed by atoms with van der Waals surface area (Å²) >= 11 is 9.16. The largest absolute Gasteiger partial charge is 0.507 e. The van der Waals surface area contributed by atoms with E-state index in [0.29, 0.717) is 23.0 Å². The number of carbonyl (C=O) groups excluding carboxylic acids is 1. The van der Waals surface area contributed by atoms with Crippen LogP contribution in [0.2, 0.25) is 0 Å². The molecule has 3 nitrogen and oxygen atoms in total. The summed E-state index contributed by atoms with van der Waals surface area (Å²) in [4.78, 5) is 11.2. The first-order valence-electron chi connectivity index (χ1n) is 8.35. The molecular weight excluding hydrogens is 364 g/mol. The lowest BCUT2D eigenvalue weighted by Crippen LogP contribution is -2.14. The third-order valence-corrected chi connectivity index (χ3v) is 5.12. The Hall–Kier alpha value is -1.85. The summed E-state index contributed by atoms with van der Waals surface area (Å²) in [6.45, 7) is 10.4. The second-order valence-corrected chi connectivity index (χ2v) is 8.17. The number of carbonyl (C=O) groups is 1. The summed E-state index contributed by atoms with van der Waals surface area (Å²) in [5.74, 6) is 0.341. The number of hydrogen-bond donors (Lipinski definition) is 2. The standard InChI is InChI=1S/C21H24O3S2/c1-12-13(2)18(22)17(21(3,4)5)10-16(12)11-24-20(26)15-8-6-14(7-9-15)19(23)25/h6-10,22H,11H2,1-5H3,(H,23,25). The Morgan fingerprint density at radius 3 is 2.15 bits per heavy atom. The van der Waals surface area contributed by atoms with E-state index < -0.39 is 0 Å². The molecule has 0 aliphatic carbocycles. The zero-order valence-corrected chi connectivity index (χ0v) is 17.4. The lowest BCUT2D eigenvalue weighted by Gasteiger charge is -2.24. The Kier molecular flexibility index (Phi) is 6.14. The van der Waals surface area contributed by atoms with Crippen LogP contribution in [0.15, 0.2) is 30.3 Å². The van der Waals surface area contributed by atoms with Gasteiger partial charge in [0.05, 0.1) is 0 Å². The van der Waals surface area contributed by atoms with Gasteiger partial charge in [-0.05, 0) is 84.1 Å². The van der Waals surface area contributed by atoms with E-state index >= 15 is 0 Å². The van der Waals surface area contributed by atoms with Crippen LogP contribution < -0.4 is 0 Å². The summed E-state index contributed by atoms with van der Waals surface area (Å²) in [5, 5.41) is 10.5. The van der Waals surface area contributed by atoms with E-state index in [1.54, 1.807) is 24.3 Å². The maximum Gasteiger partial charge on any atom is 0.216 e. The van der Waals surface area contributed by atoms with E-state index in [1.165, 1.54) is 0 Å². The molecule has 0 bridgehead atoms. The molecule has 0 aliphatic rings. The van der Waals surface area contributed by atoms with Crippen LogP contribution >= 0.6 is 24.8 Å². The molecule has 0 saturated carbocycles. The van der Waals surface area contributed by atoms with Crippen LogP contribution in [0.3, 0.4) is 0 Å². The van der Waals surface area contributed by atoms with Crippen molar-refractivity contribution in [3.05, 3.63) is 63.7 Å². The summed E-state index contributed by atoms with van der Waals surface area (Å²) in [7, 11) is 0. The second kappa shape index (κ2) is 7.80. The predicted molar refractivity (Wildman–Crippen MR) is 113 cm³/mol. The highest BCUT2D eigenvalue weighted by Crippen LogP contribution is 2.36. The van der Waals surface area contributed by atoms with E-state index in [1.807, 2.05) is 19.9 Å². The first-order chi connectivity index (χ1) is 12.0. The molecule has 0 saturated heterocycles. The molecule has 2 aromatic rings. The SMILES string of the molecule is Cc1c(COC(=S)c2ccc(C(=O)S)cc2)cc(C(C)(C)C)c(O)c1C. The second-order valence-electron chi connectivity index (χ2n) is 7.39. The molecule has 26 heavy (non-hydrogen) atoms. The molecule has 5 heteroatoms. The smallest absolute Gasteiger partial charge is 0.216 e. The molecule has 2 rings (SSSR count). The maximum atomic E-state index is 11.2. The lowest BCUT2D eigenvalue weighted by atomic mass is 9.83. The normalized spacial score (nSPS) is 11.3. The average Bonchev–Trinajstić information content (AvgIpc) is 2.57. The first-order valence-corrected chi connectivity index (χ1v) is 9.21. The van der Waals surface area contributed by atoms with Crippen LogP contribution in [0.4, 0.5) is 0 Å². The molecule has 1 N–H and O–H groups in total. The van der Waals surface area contributed by atoms with Crippen LogP contribution in [0, 0.1) is 13.8 Å². The predicted octanol–water partition coefficient (Wildman–Crippen LogP) is 5.27. The van der Waals surface area contributed by atoms with Crippen molar-refractivity contribution in [1.29, 1.82) is 0 Å². The Bertz CT molecular complexity index is 847. The maximum absolute atomic E-state index is 11.2. The number of ether oxygens (including phenoxy) is 1. The molecule has 138 valence electrons. The fourth-order valence-corrected chi connectivity index (χ4v) is 3.01. The van der Waals surface area contributed by atoms with E-state index in [2.05, 4.69) is 33.4 Å². The molecule has 2 aromatic carbocycles. The van der Waals surface area contributed by atoms with Crippen LogP contribution in [0.25, 0.3) is 0 Å². The highest BCUT2D eigenvalue weighted by molar-refractivity contribution is 7.97. The fourth-order valence-electron chi connectivity index (χ4n) is 2.67. The number of aromatic hydroxyl groups is 1. The zero-order valence-electron chi connectivity index (χ0n) is 15.7. The first kappa shape index (κ1) is 20.5. The van der Waals surface area contributed by atoms with Crippen LogP contribution in [-0.4, -0.2) is 15.3 Å². The highest BCUT2D eigenvalue weighted by Gasteiger charge is 2.22. The molecule has 0 amide bonds. The fraction of sp³-hybridized carbons (Fsp3) is 0.333. The molecule has 0 spiro atoms. The molecule has 0 fully saturated rings. The van der Waals surface area contributed by atoms with Gasteiger partial charge in [-0.25, -0.2) is 0 Å². The molecule has 0 atom stereocenters. The number of thiocarbonyl (C=S) groups is 1. The molecule has 0 aromatic heterocycles. The number of phenolic OH excluding ortho intramolecular Hbond substituents is 1. The van der Waals surface area contributed by atoms with Crippen molar-refractivity contribution in [2.75, 3.05) is 0 Å². The van der Waals surface area contributed by atoms with Gasteiger partial charge < -0.3 is 9.84 Å². The number of thiol groups is 1. The van der Waals surface area contributed by atoms with Crippen molar-refractivity contribution >= 4 is 35.0 Å². The Labute approximate surface area is 165 Å². The summed E-state index contributed by atoms with van der Waals surface area (Å²) in [6.07, 6.45) is 0. The monoisotopic (exact) mass is 388 g/mol. The van der Waals surface area contributed by atoms with Crippen molar-refractivity contribution < 1.29 is 14.6 Å². The van der Waals surface area contributed by atoms with Gasteiger partial charge in [-0.1, -0.05) is 20.8 Å². The summed E-state index contributed by atoms with van der Waals surface area (Å²) in [5.41, 5.74) is 4.82. The van der Waals surface area contributed by atoms with Gasteiger partial charge in [0.15, 0.2) is 5.05 Å². The van der Waals surface area contributed by atoms with Crippen LogP contribution in [0.5, 0.6) is 5.75 Å². The number of phenols is 1. The molecule has 0 unspecified atom stereocenters. The van der Waals surface area contributed by atoms with Gasteiger partial charge in [0.25, 0.3) is 0 Å². The van der Waals surface area contributed by atoms with Gasteiger partial charge in [0, 0.05) is 11.1 Å². The van der Waals surface area contributed by atoms with Gasteiger partial charge >= 0.3 is 0 Å². The highest BCUT2D eigenvalue weighted by atomic mass is 32.1.